The first-order chi connectivity index (χ1) is 12.0. The maximum atomic E-state index is 11.6. The van der Waals surface area contributed by atoms with Crippen LogP contribution in [0.2, 0.25) is 0 Å². The number of nitrogens with one attached hydrogen (secondary N) is 1. The highest BCUT2D eigenvalue weighted by Crippen LogP contribution is 2.20. The molecule has 1 N–H and O–H groups in total. The van der Waals surface area contributed by atoms with Gasteiger partial charge in [0.25, 0.3) is 10.2 Å². The van der Waals surface area contributed by atoms with Crippen LogP contribution in [0.5, 0.6) is 5.75 Å². The quantitative estimate of drug-likeness (QED) is 0.715. The fourth-order valence-corrected chi connectivity index (χ4v) is 3.85. The van der Waals surface area contributed by atoms with Crippen molar-refractivity contribution in [1.29, 1.82) is 0 Å². The van der Waals surface area contributed by atoms with Crippen molar-refractivity contribution in [3.8, 4) is 17.1 Å². The highest BCUT2D eigenvalue weighted by Gasteiger charge is 2.26. The Hall–Kier alpha value is -1.97. The maximum Gasteiger partial charge on any atom is 0.279 e. The van der Waals surface area contributed by atoms with E-state index in [-0.39, 0.29) is 0 Å². The zero-order chi connectivity index (χ0) is 17.7. The van der Waals surface area contributed by atoms with Crippen LogP contribution in [0.4, 0.5) is 0 Å². The molecule has 2 aromatic rings. The molecule has 9 heteroatoms. The smallest absolute Gasteiger partial charge is 0.279 e. The first-order valence-corrected chi connectivity index (χ1v) is 9.77. The van der Waals surface area contributed by atoms with Gasteiger partial charge < -0.3 is 9.26 Å². The van der Waals surface area contributed by atoms with Crippen LogP contribution in [0.15, 0.2) is 28.8 Å². The predicted molar refractivity (Wildman–Crippen MR) is 92.3 cm³/mol. The van der Waals surface area contributed by atoms with Crippen molar-refractivity contribution in [1.82, 2.24) is 19.2 Å². The van der Waals surface area contributed by atoms with Gasteiger partial charge in [0.05, 0.1) is 6.61 Å². The van der Waals surface area contributed by atoms with E-state index in [0.29, 0.717) is 38.0 Å². The molecule has 1 fully saturated rings. The van der Waals surface area contributed by atoms with Gasteiger partial charge in [-0.1, -0.05) is 5.16 Å². The number of hydrogen-bond donors (Lipinski definition) is 1. The summed E-state index contributed by atoms with van der Waals surface area (Å²) in [7, 11) is -3.21. The first-order valence-electron chi connectivity index (χ1n) is 8.33. The van der Waals surface area contributed by atoms with Crippen LogP contribution in [0.3, 0.4) is 0 Å². The van der Waals surface area contributed by atoms with Gasteiger partial charge in [-0.2, -0.15) is 17.7 Å². The SMILES string of the molecule is Cc1nc(-c2ccc(OCCCCCN3CCNS3(=O)=O)cc2)no1. The maximum absolute atomic E-state index is 11.6. The minimum Gasteiger partial charge on any atom is -0.494 e. The van der Waals surface area contributed by atoms with E-state index < -0.39 is 10.2 Å². The van der Waals surface area contributed by atoms with Crippen LogP contribution in [-0.2, 0) is 10.2 Å². The standard InChI is InChI=1S/C16H22N4O4S/c1-13-18-16(19-24-13)14-5-7-15(8-6-14)23-12-4-2-3-10-20-11-9-17-25(20,21)22/h5-8,17H,2-4,9-12H2,1H3. The summed E-state index contributed by atoms with van der Waals surface area (Å²) in [5.74, 6) is 1.89. The molecule has 0 unspecified atom stereocenters. The molecule has 1 aliphatic heterocycles. The molecule has 0 aliphatic carbocycles. The normalized spacial score (nSPS) is 17.0. The number of benzene rings is 1. The van der Waals surface area contributed by atoms with Crippen LogP contribution in [0, 0.1) is 6.92 Å². The van der Waals surface area contributed by atoms with Gasteiger partial charge in [-0.25, -0.2) is 4.72 Å². The second kappa shape index (κ2) is 7.94. The average Bonchev–Trinajstić information content (AvgIpc) is 3.17. The van der Waals surface area contributed by atoms with Crippen LogP contribution in [-0.4, -0.2) is 49.1 Å². The number of nitrogens with zero attached hydrogens (tertiary/aromatic N) is 3. The van der Waals surface area contributed by atoms with Crippen molar-refractivity contribution >= 4 is 10.2 Å². The number of aromatic nitrogens is 2. The van der Waals surface area contributed by atoms with Gasteiger partial charge in [0, 0.05) is 32.1 Å². The fourth-order valence-electron chi connectivity index (χ4n) is 2.62. The molecule has 1 saturated heterocycles. The molecule has 136 valence electrons. The fraction of sp³-hybridized carbons (Fsp3) is 0.500. The van der Waals surface area contributed by atoms with Crippen molar-refractivity contribution in [2.45, 2.75) is 26.2 Å². The zero-order valence-corrected chi connectivity index (χ0v) is 15.0. The lowest BCUT2D eigenvalue weighted by Crippen LogP contribution is -2.30. The molecule has 1 aromatic carbocycles. The minimum absolute atomic E-state index is 0.505. The average molecular weight is 366 g/mol. The summed E-state index contributed by atoms with van der Waals surface area (Å²) >= 11 is 0. The van der Waals surface area contributed by atoms with Gasteiger partial charge in [0.2, 0.25) is 11.7 Å². The second-order valence-corrected chi connectivity index (χ2v) is 7.62. The summed E-state index contributed by atoms with van der Waals surface area (Å²) in [6.45, 7) is 3.99. The van der Waals surface area contributed by atoms with E-state index in [1.165, 1.54) is 4.31 Å². The van der Waals surface area contributed by atoms with Crippen LogP contribution in [0.25, 0.3) is 11.4 Å². The highest BCUT2D eigenvalue weighted by atomic mass is 32.2. The number of unbranched alkanes of at least 4 members (excludes halogenated alkanes) is 2. The molecule has 0 bridgehead atoms. The highest BCUT2D eigenvalue weighted by molar-refractivity contribution is 7.87. The summed E-state index contributed by atoms with van der Waals surface area (Å²) in [5, 5.41) is 3.88. The first kappa shape index (κ1) is 17.8. The Bertz CT molecular complexity index is 789. The third-order valence-electron chi connectivity index (χ3n) is 3.95. The minimum atomic E-state index is -3.21. The Morgan fingerprint density at radius 3 is 2.68 bits per heavy atom. The van der Waals surface area contributed by atoms with E-state index >= 15 is 0 Å². The molecule has 8 nitrogen and oxygen atoms in total. The van der Waals surface area contributed by atoms with E-state index in [2.05, 4.69) is 14.9 Å². The molecule has 0 radical (unpaired) electrons. The van der Waals surface area contributed by atoms with Gasteiger partial charge in [0.1, 0.15) is 5.75 Å². The number of rotatable bonds is 8. The van der Waals surface area contributed by atoms with E-state index in [1.807, 2.05) is 24.3 Å². The third kappa shape index (κ3) is 4.77. The largest absolute Gasteiger partial charge is 0.494 e. The lowest BCUT2D eigenvalue weighted by molar-refractivity contribution is 0.302. The molecule has 0 atom stereocenters. The van der Waals surface area contributed by atoms with Gasteiger partial charge in [-0.05, 0) is 43.5 Å². The Balaban J connectivity index is 1.35. The molecule has 0 amide bonds. The van der Waals surface area contributed by atoms with Crippen LogP contribution >= 0.6 is 0 Å². The van der Waals surface area contributed by atoms with Gasteiger partial charge in [-0.3, -0.25) is 0 Å². The molecule has 1 aliphatic rings. The molecule has 0 saturated carbocycles. The van der Waals surface area contributed by atoms with Gasteiger partial charge in [-0.15, -0.1) is 0 Å². The second-order valence-electron chi connectivity index (χ2n) is 5.87. The molecule has 3 rings (SSSR count). The predicted octanol–water partition coefficient (Wildman–Crippen LogP) is 1.74. The number of aryl methyl sites for hydroxylation is 1. The molecular formula is C16H22N4O4S. The van der Waals surface area contributed by atoms with Crippen molar-refractivity contribution in [2.75, 3.05) is 26.2 Å². The summed E-state index contributed by atoms with van der Waals surface area (Å²) in [6.07, 6.45) is 2.64. The van der Waals surface area contributed by atoms with Gasteiger partial charge >= 0.3 is 0 Å². The lowest BCUT2D eigenvalue weighted by atomic mass is 10.2. The molecule has 0 spiro atoms. The van der Waals surface area contributed by atoms with Crippen molar-refractivity contribution in [3.05, 3.63) is 30.2 Å². The van der Waals surface area contributed by atoms with Crippen molar-refractivity contribution in [3.63, 3.8) is 0 Å². The Morgan fingerprint density at radius 1 is 1.24 bits per heavy atom. The van der Waals surface area contributed by atoms with E-state index in [0.717, 1.165) is 30.6 Å². The molecule has 2 heterocycles. The summed E-state index contributed by atoms with van der Waals surface area (Å²) in [6, 6.07) is 7.54. The summed E-state index contributed by atoms with van der Waals surface area (Å²) in [5.41, 5.74) is 0.879. The summed E-state index contributed by atoms with van der Waals surface area (Å²) in [4.78, 5) is 4.18. The van der Waals surface area contributed by atoms with E-state index in [9.17, 15) is 8.42 Å². The van der Waals surface area contributed by atoms with Crippen LogP contribution < -0.4 is 9.46 Å². The summed E-state index contributed by atoms with van der Waals surface area (Å²) < 4.78 is 37.8. The number of hydrogen-bond acceptors (Lipinski definition) is 6. The Labute approximate surface area is 147 Å². The number of ether oxygens (including phenoxy) is 1. The van der Waals surface area contributed by atoms with Crippen LogP contribution in [0.1, 0.15) is 25.2 Å². The molecule has 25 heavy (non-hydrogen) atoms. The Kier molecular flexibility index (Phi) is 5.67. The molecule has 1 aromatic heterocycles. The topological polar surface area (TPSA) is 97.6 Å². The van der Waals surface area contributed by atoms with Crippen molar-refractivity contribution < 1.29 is 17.7 Å². The van der Waals surface area contributed by atoms with E-state index in [1.54, 1.807) is 6.92 Å². The molecular weight excluding hydrogens is 344 g/mol. The lowest BCUT2D eigenvalue weighted by Gasteiger charge is -2.12. The van der Waals surface area contributed by atoms with Gasteiger partial charge in [0.15, 0.2) is 0 Å². The third-order valence-corrected chi connectivity index (χ3v) is 5.56. The van der Waals surface area contributed by atoms with Crippen molar-refractivity contribution in [2.24, 2.45) is 0 Å². The zero-order valence-electron chi connectivity index (χ0n) is 14.1. The Morgan fingerprint density at radius 2 is 2.04 bits per heavy atom. The van der Waals surface area contributed by atoms with E-state index in [4.69, 9.17) is 9.26 Å². The monoisotopic (exact) mass is 366 g/mol.